The van der Waals surface area contributed by atoms with E-state index in [9.17, 15) is 9.59 Å². The number of rotatable bonds is 6. The Hall–Kier alpha value is -1.88. The van der Waals surface area contributed by atoms with Crippen LogP contribution >= 0.6 is 0 Å². The minimum absolute atomic E-state index is 0.00646. The van der Waals surface area contributed by atoms with E-state index < -0.39 is 0 Å². The highest BCUT2D eigenvalue weighted by molar-refractivity contribution is 5.85. The van der Waals surface area contributed by atoms with Crippen molar-refractivity contribution in [2.24, 2.45) is 5.73 Å². The van der Waals surface area contributed by atoms with Crippen molar-refractivity contribution in [1.29, 1.82) is 0 Å². The molecule has 0 aromatic heterocycles. The molecule has 0 heterocycles. The molecule has 104 valence electrons. The zero-order chi connectivity index (χ0) is 14.3. The van der Waals surface area contributed by atoms with Gasteiger partial charge < -0.3 is 16.0 Å². The average Bonchev–Trinajstić information content (AvgIpc) is 2.44. The maximum Gasteiger partial charge on any atom is 0.241 e. The topological polar surface area (TPSA) is 75.4 Å². The number of hydrogen-bond donors (Lipinski definition) is 2. The summed E-state index contributed by atoms with van der Waals surface area (Å²) in [7, 11) is 1.68. The summed E-state index contributed by atoms with van der Waals surface area (Å²) in [5, 5.41) is 2.62. The zero-order valence-corrected chi connectivity index (χ0v) is 11.4. The van der Waals surface area contributed by atoms with Crippen molar-refractivity contribution in [3.63, 3.8) is 0 Å². The molecular formula is C14H21N3O2. The fraction of sp³-hybridized carbons (Fsp3) is 0.429. The summed E-state index contributed by atoms with van der Waals surface area (Å²) in [5.74, 6) is -0.298. The second-order valence-electron chi connectivity index (χ2n) is 4.53. The highest BCUT2D eigenvalue weighted by atomic mass is 16.2. The molecule has 0 spiro atoms. The summed E-state index contributed by atoms with van der Waals surface area (Å²) in [4.78, 5) is 25.0. The van der Waals surface area contributed by atoms with Gasteiger partial charge in [-0.2, -0.15) is 0 Å². The van der Waals surface area contributed by atoms with Gasteiger partial charge in [0, 0.05) is 19.6 Å². The van der Waals surface area contributed by atoms with Gasteiger partial charge in [-0.3, -0.25) is 9.59 Å². The molecule has 0 bridgehead atoms. The molecule has 1 aromatic carbocycles. The SMILES string of the molecule is CC(CN)N(C)C(=O)CNC(=O)Cc1ccccc1. The van der Waals surface area contributed by atoms with Gasteiger partial charge in [-0.1, -0.05) is 30.3 Å². The van der Waals surface area contributed by atoms with Crippen molar-refractivity contribution in [2.75, 3.05) is 20.1 Å². The Balaban J connectivity index is 2.36. The molecular weight excluding hydrogens is 242 g/mol. The Bertz CT molecular complexity index is 420. The van der Waals surface area contributed by atoms with Gasteiger partial charge in [0.2, 0.25) is 11.8 Å². The third-order valence-electron chi connectivity index (χ3n) is 3.04. The minimum Gasteiger partial charge on any atom is -0.347 e. The van der Waals surface area contributed by atoms with E-state index in [0.717, 1.165) is 5.56 Å². The fourth-order valence-electron chi connectivity index (χ4n) is 1.55. The lowest BCUT2D eigenvalue weighted by Crippen LogP contribution is -2.45. The van der Waals surface area contributed by atoms with Crippen LogP contribution in [0.25, 0.3) is 0 Å². The van der Waals surface area contributed by atoms with Crippen molar-refractivity contribution in [2.45, 2.75) is 19.4 Å². The van der Waals surface area contributed by atoms with E-state index in [1.165, 1.54) is 0 Å². The van der Waals surface area contributed by atoms with Crippen LogP contribution in [0, 0.1) is 0 Å². The summed E-state index contributed by atoms with van der Waals surface area (Å²) in [6, 6.07) is 9.38. The van der Waals surface area contributed by atoms with Crippen LogP contribution in [0.2, 0.25) is 0 Å². The van der Waals surface area contributed by atoms with Gasteiger partial charge in [-0.25, -0.2) is 0 Å². The number of nitrogens with zero attached hydrogens (tertiary/aromatic N) is 1. The normalized spacial score (nSPS) is 11.7. The zero-order valence-electron chi connectivity index (χ0n) is 11.4. The number of benzene rings is 1. The molecule has 5 heteroatoms. The molecule has 0 aliphatic carbocycles. The molecule has 1 atom stereocenters. The number of carbonyl (C=O) groups is 2. The van der Waals surface area contributed by atoms with Crippen LogP contribution < -0.4 is 11.1 Å². The Kier molecular flexibility index (Phi) is 6.02. The van der Waals surface area contributed by atoms with Crippen molar-refractivity contribution >= 4 is 11.8 Å². The Morgan fingerprint density at radius 2 is 1.95 bits per heavy atom. The van der Waals surface area contributed by atoms with Gasteiger partial charge in [-0.15, -0.1) is 0 Å². The van der Waals surface area contributed by atoms with E-state index in [0.29, 0.717) is 6.54 Å². The van der Waals surface area contributed by atoms with Crippen LogP contribution in [0.1, 0.15) is 12.5 Å². The number of carbonyl (C=O) groups excluding carboxylic acids is 2. The summed E-state index contributed by atoms with van der Waals surface area (Å²) in [6.07, 6.45) is 0.282. The predicted octanol–water partition coefficient (Wildman–Crippen LogP) is 0.151. The number of nitrogens with one attached hydrogen (secondary N) is 1. The van der Waals surface area contributed by atoms with Crippen LogP contribution in [0.5, 0.6) is 0 Å². The van der Waals surface area contributed by atoms with Crippen LogP contribution in [0.3, 0.4) is 0 Å². The molecule has 1 unspecified atom stereocenters. The number of likely N-dealkylation sites (N-methyl/N-ethyl adjacent to an activating group) is 1. The summed E-state index contributed by atoms with van der Waals surface area (Å²) < 4.78 is 0. The molecule has 0 aliphatic heterocycles. The smallest absolute Gasteiger partial charge is 0.241 e. The summed E-state index contributed by atoms with van der Waals surface area (Å²) in [5.41, 5.74) is 6.41. The Labute approximate surface area is 113 Å². The van der Waals surface area contributed by atoms with Gasteiger partial charge in [0.15, 0.2) is 0 Å². The van der Waals surface area contributed by atoms with Crippen LogP contribution in [-0.4, -0.2) is 42.9 Å². The van der Waals surface area contributed by atoms with E-state index in [1.807, 2.05) is 37.3 Å². The standard InChI is InChI=1S/C14H21N3O2/c1-11(9-15)17(2)14(19)10-16-13(18)8-12-6-4-3-5-7-12/h3-7,11H,8-10,15H2,1-2H3,(H,16,18). The van der Waals surface area contributed by atoms with E-state index >= 15 is 0 Å². The second kappa shape index (κ2) is 7.53. The summed E-state index contributed by atoms with van der Waals surface area (Å²) in [6.45, 7) is 2.27. The highest BCUT2D eigenvalue weighted by Gasteiger charge is 2.14. The third-order valence-corrected chi connectivity index (χ3v) is 3.04. The van der Waals surface area contributed by atoms with Gasteiger partial charge >= 0.3 is 0 Å². The number of amides is 2. The Morgan fingerprint density at radius 1 is 1.32 bits per heavy atom. The molecule has 1 aromatic rings. The maximum absolute atomic E-state index is 11.8. The number of hydrogen-bond acceptors (Lipinski definition) is 3. The van der Waals surface area contributed by atoms with Crippen molar-refractivity contribution in [3.05, 3.63) is 35.9 Å². The quantitative estimate of drug-likeness (QED) is 0.767. The first-order chi connectivity index (χ1) is 9.04. The molecule has 0 aliphatic rings. The molecule has 1 rings (SSSR count). The molecule has 0 radical (unpaired) electrons. The Morgan fingerprint density at radius 3 is 2.53 bits per heavy atom. The first-order valence-corrected chi connectivity index (χ1v) is 6.31. The fourth-order valence-corrected chi connectivity index (χ4v) is 1.55. The third kappa shape index (κ3) is 5.09. The first-order valence-electron chi connectivity index (χ1n) is 6.31. The molecule has 3 N–H and O–H groups in total. The van der Waals surface area contributed by atoms with Gasteiger partial charge in [-0.05, 0) is 12.5 Å². The van der Waals surface area contributed by atoms with E-state index in [4.69, 9.17) is 5.73 Å². The monoisotopic (exact) mass is 263 g/mol. The molecule has 0 saturated heterocycles. The highest BCUT2D eigenvalue weighted by Crippen LogP contribution is 1.99. The lowest BCUT2D eigenvalue weighted by atomic mass is 10.1. The van der Waals surface area contributed by atoms with Gasteiger partial charge in [0.05, 0.1) is 13.0 Å². The number of nitrogens with two attached hydrogens (primary N) is 1. The second-order valence-corrected chi connectivity index (χ2v) is 4.53. The lowest BCUT2D eigenvalue weighted by Gasteiger charge is -2.23. The van der Waals surface area contributed by atoms with Crippen LogP contribution in [-0.2, 0) is 16.0 Å². The van der Waals surface area contributed by atoms with E-state index in [1.54, 1.807) is 11.9 Å². The lowest BCUT2D eigenvalue weighted by molar-refractivity contribution is -0.133. The molecule has 0 fully saturated rings. The molecule has 19 heavy (non-hydrogen) atoms. The molecule has 0 saturated carbocycles. The predicted molar refractivity (Wildman–Crippen MR) is 74.4 cm³/mol. The summed E-state index contributed by atoms with van der Waals surface area (Å²) >= 11 is 0. The largest absolute Gasteiger partial charge is 0.347 e. The van der Waals surface area contributed by atoms with Crippen LogP contribution in [0.15, 0.2) is 30.3 Å². The van der Waals surface area contributed by atoms with Gasteiger partial charge in [0.1, 0.15) is 0 Å². The van der Waals surface area contributed by atoms with Gasteiger partial charge in [0.25, 0.3) is 0 Å². The van der Waals surface area contributed by atoms with E-state index in [-0.39, 0.29) is 30.8 Å². The molecule has 2 amide bonds. The molecule has 5 nitrogen and oxygen atoms in total. The maximum atomic E-state index is 11.8. The van der Waals surface area contributed by atoms with Crippen molar-refractivity contribution in [1.82, 2.24) is 10.2 Å². The minimum atomic E-state index is -0.159. The van der Waals surface area contributed by atoms with Crippen molar-refractivity contribution in [3.8, 4) is 0 Å². The van der Waals surface area contributed by atoms with Crippen molar-refractivity contribution < 1.29 is 9.59 Å². The first kappa shape index (κ1) is 15.2. The average molecular weight is 263 g/mol. The van der Waals surface area contributed by atoms with E-state index in [2.05, 4.69) is 5.32 Å². The van der Waals surface area contributed by atoms with Crippen LogP contribution in [0.4, 0.5) is 0 Å².